The first-order valence-electron chi connectivity index (χ1n) is 10.1. The molecule has 0 bridgehead atoms. The summed E-state index contributed by atoms with van der Waals surface area (Å²) < 4.78 is 6.41. The van der Waals surface area contributed by atoms with E-state index in [-0.39, 0.29) is 11.9 Å². The van der Waals surface area contributed by atoms with Gasteiger partial charge in [0.25, 0.3) is 5.91 Å². The Hall–Kier alpha value is -2.64. The largest absolute Gasteiger partial charge is 0.497 e. The Bertz CT molecular complexity index is 1060. The van der Waals surface area contributed by atoms with E-state index in [9.17, 15) is 4.79 Å². The molecule has 29 heavy (non-hydrogen) atoms. The third-order valence-electron chi connectivity index (χ3n) is 5.76. The molecule has 0 spiro atoms. The van der Waals surface area contributed by atoms with Crippen LogP contribution in [0.1, 0.15) is 33.9 Å². The molecule has 1 fully saturated rings. The number of carbonyl (C=O) groups is 1. The van der Waals surface area contributed by atoms with Crippen LogP contribution in [0.4, 0.5) is 5.13 Å². The number of carbonyl (C=O) groups excluding carboxylic acids is 1. The number of piperazine rings is 1. The molecule has 2 N–H and O–H groups in total. The second-order valence-electron chi connectivity index (χ2n) is 7.55. The first-order valence-corrected chi connectivity index (χ1v) is 10.9. The number of amides is 1. The fourth-order valence-corrected chi connectivity index (χ4v) is 5.20. The molecule has 1 aliphatic carbocycles. The van der Waals surface area contributed by atoms with E-state index in [2.05, 4.69) is 21.6 Å². The Morgan fingerprint density at radius 2 is 2.10 bits per heavy atom. The lowest BCUT2D eigenvalue weighted by molar-refractivity contribution is 0.0937. The van der Waals surface area contributed by atoms with Gasteiger partial charge in [-0.2, -0.15) is 0 Å². The van der Waals surface area contributed by atoms with Crippen LogP contribution in [0, 0.1) is 0 Å². The molecule has 1 saturated heterocycles. The number of hydrogen-bond donors (Lipinski definition) is 2. The monoisotopic (exact) mass is 408 g/mol. The summed E-state index contributed by atoms with van der Waals surface area (Å²) >= 11 is 1.66. The summed E-state index contributed by atoms with van der Waals surface area (Å²) in [5.74, 6) is 0.793. The van der Waals surface area contributed by atoms with Crippen LogP contribution in [0.2, 0.25) is 0 Å². The number of aryl methyl sites for hydroxylation is 1. The van der Waals surface area contributed by atoms with E-state index in [0.717, 1.165) is 65.7 Å². The third kappa shape index (κ3) is 3.56. The quantitative estimate of drug-likeness (QED) is 0.694. The van der Waals surface area contributed by atoms with E-state index in [0.29, 0.717) is 5.56 Å². The number of fused-ring (bicyclic) bond motifs is 2. The lowest BCUT2D eigenvalue weighted by atomic mass is 10.1. The van der Waals surface area contributed by atoms with E-state index in [1.165, 1.54) is 5.56 Å². The third-order valence-corrected chi connectivity index (χ3v) is 6.84. The fraction of sp³-hybridized carbons (Fsp3) is 0.364. The van der Waals surface area contributed by atoms with Gasteiger partial charge in [0.2, 0.25) is 0 Å². The standard InChI is InChI=1S/C22H24N4O2S/c1-28-16-5-2-14-3-6-18(17(14)13-16)24-21(27)15-4-7-19-20(12-15)29-22(25-19)26-10-8-23-9-11-26/h2,4-5,7,12-13,18,23H,3,6,8-11H2,1H3,(H,24,27)/t18-/m0/s1. The average molecular weight is 409 g/mol. The van der Waals surface area contributed by atoms with E-state index in [4.69, 9.17) is 9.72 Å². The van der Waals surface area contributed by atoms with Gasteiger partial charge in [0.1, 0.15) is 5.75 Å². The van der Waals surface area contributed by atoms with Gasteiger partial charge in [0, 0.05) is 31.7 Å². The average Bonchev–Trinajstić information content (AvgIpc) is 3.37. The lowest BCUT2D eigenvalue weighted by Gasteiger charge is -2.26. The van der Waals surface area contributed by atoms with Crippen molar-refractivity contribution in [2.75, 3.05) is 38.2 Å². The number of anilines is 1. The van der Waals surface area contributed by atoms with Crippen molar-refractivity contribution in [2.24, 2.45) is 0 Å². The number of ether oxygens (including phenoxy) is 1. The molecule has 150 valence electrons. The Kier molecular flexibility index (Phi) is 4.85. The molecule has 1 aromatic heterocycles. The normalized spacial score (nSPS) is 18.7. The van der Waals surface area contributed by atoms with E-state index in [1.54, 1.807) is 18.4 Å². The number of aromatic nitrogens is 1. The molecule has 0 unspecified atom stereocenters. The number of methoxy groups -OCH3 is 1. The van der Waals surface area contributed by atoms with Gasteiger partial charge < -0.3 is 20.3 Å². The summed E-state index contributed by atoms with van der Waals surface area (Å²) in [6, 6.07) is 12.0. The molecule has 2 aliphatic rings. The maximum absolute atomic E-state index is 12.9. The zero-order chi connectivity index (χ0) is 19.8. The highest BCUT2D eigenvalue weighted by atomic mass is 32.1. The minimum Gasteiger partial charge on any atom is -0.497 e. The van der Waals surface area contributed by atoms with Gasteiger partial charge in [-0.3, -0.25) is 4.79 Å². The number of thiazole rings is 1. The fourth-order valence-electron chi connectivity index (χ4n) is 4.14. The van der Waals surface area contributed by atoms with Gasteiger partial charge >= 0.3 is 0 Å². The molecule has 1 amide bonds. The molecular weight excluding hydrogens is 384 g/mol. The summed E-state index contributed by atoms with van der Waals surface area (Å²) in [6.45, 7) is 3.91. The highest BCUT2D eigenvalue weighted by Crippen LogP contribution is 2.34. The Morgan fingerprint density at radius 3 is 2.93 bits per heavy atom. The molecule has 1 aliphatic heterocycles. The number of hydrogen-bond acceptors (Lipinski definition) is 6. The Morgan fingerprint density at radius 1 is 1.24 bits per heavy atom. The topological polar surface area (TPSA) is 66.5 Å². The highest BCUT2D eigenvalue weighted by Gasteiger charge is 2.25. The summed E-state index contributed by atoms with van der Waals surface area (Å²) in [4.78, 5) is 20.0. The van der Waals surface area contributed by atoms with Crippen molar-refractivity contribution in [1.82, 2.24) is 15.6 Å². The summed E-state index contributed by atoms with van der Waals surface area (Å²) in [5.41, 5.74) is 4.09. The predicted octanol–water partition coefficient (Wildman–Crippen LogP) is 3.13. The van der Waals surface area contributed by atoms with Crippen LogP contribution >= 0.6 is 11.3 Å². The molecule has 2 aromatic carbocycles. The van der Waals surface area contributed by atoms with Crippen molar-refractivity contribution in [3.63, 3.8) is 0 Å². The maximum atomic E-state index is 12.9. The lowest BCUT2D eigenvalue weighted by Crippen LogP contribution is -2.43. The second-order valence-corrected chi connectivity index (χ2v) is 8.55. The van der Waals surface area contributed by atoms with Gasteiger partial charge in [0.05, 0.1) is 23.4 Å². The molecule has 7 heteroatoms. The van der Waals surface area contributed by atoms with Crippen molar-refractivity contribution in [2.45, 2.75) is 18.9 Å². The summed E-state index contributed by atoms with van der Waals surface area (Å²) in [6.07, 6.45) is 1.90. The zero-order valence-corrected chi connectivity index (χ0v) is 17.2. The summed E-state index contributed by atoms with van der Waals surface area (Å²) in [5, 5.41) is 7.61. The molecule has 0 radical (unpaired) electrons. The SMILES string of the molecule is COc1ccc2c(c1)[C@@H](NC(=O)c1ccc3nc(N4CCNCC4)sc3c1)CC2. The maximum Gasteiger partial charge on any atom is 0.251 e. The minimum atomic E-state index is -0.0373. The second kappa shape index (κ2) is 7.65. The van der Waals surface area contributed by atoms with E-state index < -0.39 is 0 Å². The van der Waals surface area contributed by atoms with Crippen LogP contribution in [0.3, 0.4) is 0 Å². The highest BCUT2D eigenvalue weighted by molar-refractivity contribution is 7.22. The molecule has 6 nitrogen and oxygen atoms in total. The van der Waals surface area contributed by atoms with E-state index in [1.807, 2.05) is 30.3 Å². The van der Waals surface area contributed by atoms with Crippen LogP contribution < -0.4 is 20.3 Å². The van der Waals surface area contributed by atoms with Crippen molar-refractivity contribution < 1.29 is 9.53 Å². The predicted molar refractivity (Wildman–Crippen MR) is 116 cm³/mol. The zero-order valence-electron chi connectivity index (χ0n) is 16.4. The van der Waals surface area contributed by atoms with Gasteiger partial charge in [-0.1, -0.05) is 17.4 Å². The van der Waals surface area contributed by atoms with Crippen LogP contribution in [-0.2, 0) is 6.42 Å². The molecular formula is C22H24N4O2S. The molecule has 3 aromatic rings. The Balaban J connectivity index is 1.35. The van der Waals surface area contributed by atoms with Crippen molar-refractivity contribution in [3.05, 3.63) is 53.1 Å². The van der Waals surface area contributed by atoms with Crippen LogP contribution in [0.25, 0.3) is 10.2 Å². The van der Waals surface area contributed by atoms with Gasteiger partial charge in [0.15, 0.2) is 5.13 Å². The Labute approximate surface area is 173 Å². The number of nitrogens with one attached hydrogen (secondary N) is 2. The summed E-state index contributed by atoms with van der Waals surface area (Å²) in [7, 11) is 1.67. The van der Waals surface area contributed by atoms with Crippen molar-refractivity contribution in [1.29, 1.82) is 0 Å². The smallest absolute Gasteiger partial charge is 0.251 e. The van der Waals surface area contributed by atoms with Crippen LogP contribution in [-0.4, -0.2) is 44.2 Å². The number of nitrogens with zero attached hydrogens (tertiary/aromatic N) is 2. The number of rotatable bonds is 4. The van der Waals surface area contributed by atoms with Crippen molar-refractivity contribution in [3.8, 4) is 5.75 Å². The molecule has 2 heterocycles. The minimum absolute atomic E-state index is 0.0289. The molecule has 1 atom stereocenters. The van der Waals surface area contributed by atoms with E-state index >= 15 is 0 Å². The van der Waals surface area contributed by atoms with Crippen LogP contribution in [0.15, 0.2) is 36.4 Å². The molecule has 5 rings (SSSR count). The first kappa shape index (κ1) is 18.4. The van der Waals surface area contributed by atoms with Crippen molar-refractivity contribution >= 4 is 32.6 Å². The van der Waals surface area contributed by atoms with Crippen LogP contribution in [0.5, 0.6) is 5.75 Å². The first-order chi connectivity index (χ1) is 14.2. The molecule has 0 saturated carbocycles. The number of benzene rings is 2. The van der Waals surface area contributed by atoms with Gasteiger partial charge in [-0.05, 0) is 54.3 Å². The van der Waals surface area contributed by atoms with Gasteiger partial charge in [-0.25, -0.2) is 4.98 Å². The van der Waals surface area contributed by atoms with Gasteiger partial charge in [-0.15, -0.1) is 0 Å².